The summed E-state index contributed by atoms with van der Waals surface area (Å²) in [5.41, 5.74) is 9.70. The molecule has 4 heteroatoms. The number of aromatic nitrogens is 1. The van der Waals surface area contributed by atoms with Crippen molar-refractivity contribution >= 4 is 23.3 Å². The molecule has 0 aliphatic carbocycles. The van der Waals surface area contributed by atoms with Crippen LogP contribution in [-0.2, 0) is 6.54 Å². The van der Waals surface area contributed by atoms with Gasteiger partial charge in [0.1, 0.15) is 0 Å². The van der Waals surface area contributed by atoms with Crippen LogP contribution in [-0.4, -0.2) is 29.5 Å². The highest BCUT2D eigenvalue weighted by Crippen LogP contribution is 2.29. The van der Waals surface area contributed by atoms with Crippen LogP contribution in [0.1, 0.15) is 24.6 Å². The number of halogens is 1. The molecule has 2 heterocycles. The average molecular weight is 306 g/mol. The molecule has 2 aromatic rings. The second-order valence-electron chi connectivity index (χ2n) is 6.46. The Morgan fingerprint density at radius 3 is 2.81 bits per heavy atom. The van der Waals surface area contributed by atoms with Crippen LogP contribution in [0.3, 0.4) is 0 Å². The predicted octanol–water partition coefficient (Wildman–Crippen LogP) is 3.14. The molecule has 3 rings (SSSR count). The zero-order valence-corrected chi connectivity index (χ0v) is 13.6. The number of nitrogens with zero attached hydrogens (tertiary/aromatic N) is 2. The summed E-state index contributed by atoms with van der Waals surface area (Å²) in [6, 6.07) is 10.8. The first-order chi connectivity index (χ1) is 9.58. The summed E-state index contributed by atoms with van der Waals surface area (Å²) in [5.74, 6) is 0. The number of benzene rings is 1. The van der Waals surface area contributed by atoms with Gasteiger partial charge in [-0.05, 0) is 55.6 Å². The molecule has 1 fully saturated rings. The van der Waals surface area contributed by atoms with Gasteiger partial charge in [0.25, 0.3) is 0 Å². The molecule has 1 atom stereocenters. The summed E-state index contributed by atoms with van der Waals surface area (Å²) < 4.78 is 0. The smallest absolute Gasteiger partial charge is 0.0705 e. The normalized spacial score (nSPS) is 22.4. The summed E-state index contributed by atoms with van der Waals surface area (Å²) in [5, 5.41) is 1.23. The van der Waals surface area contributed by atoms with Crippen LogP contribution < -0.4 is 5.73 Å². The summed E-state index contributed by atoms with van der Waals surface area (Å²) >= 11 is 0. The van der Waals surface area contributed by atoms with E-state index in [0.717, 1.165) is 37.4 Å². The number of hydrogen-bond acceptors (Lipinski definition) is 3. The van der Waals surface area contributed by atoms with Crippen molar-refractivity contribution in [3.8, 4) is 0 Å². The van der Waals surface area contributed by atoms with Gasteiger partial charge in [0.2, 0.25) is 0 Å². The van der Waals surface area contributed by atoms with Crippen molar-refractivity contribution in [3.05, 3.63) is 41.6 Å². The molecule has 1 aliphatic heterocycles. The fraction of sp³-hybridized carbons (Fsp3) is 0.471. The van der Waals surface area contributed by atoms with Crippen LogP contribution in [0.25, 0.3) is 10.9 Å². The molecule has 2 N–H and O–H groups in total. The first-order valence-corrected chi connectivity index (χ1v) is 7.37. The van der Waals surface area contributed by atoms with Crippen molar-refractivity contribution < 1.29 is 0 Å². The van der Waals surface area contributed by atoms with Gasteiger partial charge in [-0.25, -0.2) is 0 Å². The van der Waals surface area contributed by atoms with Gasteiger partial charge in [-0.1, -0.05) is 19.1 Å². The second-order valence-corrected chi connectivity index (χ2v) is 6.46. The minimum Gasteiger partial charge on any atom is -0.330 e. The number of fused-ring (bicyclic) bond motifs is 1. The maximum Gasteiger partial charge on any atom is 0.0705 e. The topological polar surface area (TPSA) is 42.1 Å². The summed E-state index contributed by atoms with van der Waals surface area (Å²) in [4.78, 5) is 7.06. The number of nitrogens with two attached hydrogens (primary N) is 1. The zero-order chi connectivity index (χ0) is 14.2. The van der Waals surface area contributed by atoms with Crippen LogP contribution in [0.2, 0.25) is 0 Å². The molecule has 0 spiro atoms. The number of likely N-dealkylation sites (tertiary alicyclic amines) is 1. The van der Waals surface area contributed by atoms with Crippen LogP contribution >= 0.6 is 12.4 Å². The largest absolute Gasteiger partial charge is 0.330 e. The molecule has 0 radical (unpaired) electrons. The lowest BCUT2D eigenvalue weighted by Gasteiger charge is -2.22. The molecule has 1 saturated heterocycles. The Bertz CT molecular complexity index is 628. The van der Waals surface area contributed by atoms with Crippen molar-refractivity contribution in [1.82, 2.24) is 9.88 Å². The molecule has 1 unspecified atom stereocenters. The van der Waals surface area contributed by atoms with Crippen molar-refractivity contribution in [2.75, 3.05) is 19.6 Å². The number of rotatable bonds is 3. The van der Waals surface area contributed by atoms with Crippen molar-refractivity contribution in [2.45, 2.75) is 26.8 Å². The zero-order valence-electron chi connectivity index (χ0n) is 12.8. The number of hydrogen-bond donors (Lipinski definition) is 1. The Labute approximate surface area is 132 Å². The van der Waals surface area contributed by atoms with Gasteiger partial charge >= 0.3 is 0 Å². The van der Waals surface area contributed by atoms with Crippen molar-refractivity contribution in [3.63, 3.8) is 0 Å². The summed E-state index contributed by atoms with van der Waals surface area (Å²) in [6.45, 7) is 8.38. The highest BCUT2D eigenvalue weighted by molar-refractivity contribution is 5.85. The minimum absolute atomic E-state index is 0. The van der Waals surface area contributed by atoms with Crippen molar-refractivity contribution in [1.29, 1.82) is 0 Å². The molecule has 3 nitrogen and oxygen atoms in total. The van der Waals surface area contributed by atoms with Gasteiger partial charge in [-0.15, -0.1) is 12.4 Å². The Hall–Kier alpha value is -1.16. The van der Waals surface area contributed by atoms with Gasteiger partial charge < -0.3 is 5.73 Å². The average Bonchev–Trinajstić information content (AvgIpc) is 2.81. The van der Waals surface area contributed by atoms with Crippen LogP contribution in [0.4, 0.5) is 0 Å². The second kappa shape index (κ2) is 6.30. The van der Waals surface area contributed by atoms with E-state index in [9.17, 15) is 0 Å². The minimum atomic E-state index is 0. The van der Waals surface area contributed by atoms with Crippen molar-refractivity contribution in [2.24, 2.45) is 11.1 Å². The third-order valence-corrected chi connectivity index (χ3v) is 4.43. The molecular weight excluding hydrogens is 282 g/mol. The maximum atomic E-state index is 5.88. The molecule has 0 amide bonds. The summed E-state index contributed by atoms with van der Waals surface area (Å²) in [7, 11) is 0. The van der Waals surface area contributed by atoms with E-state index in [1.165, 1.54) is 17.4 Å². The van der Waals surface area contributed by atoms with Crippen LogP contribution in [0.5, 0.6) is 0 Å². The van der Waals surface area contributed by atoms with Gasteiger partial charge in [-0.3, -0.25) is 9.88 Å². The molecule has 1 aliphatic rings. The standard InChI is InChI=1S/C17H23N3.ClH/c1-13-3-5-15-9-14(4-6-16(15)19-13)10-20-8-7-17(2,11-18)12-20;/h3-6,9H,7-8,10-12,18H2,1-2H3;1H. The molecule has 21 heavy (non-hydrogen) atoms. The molecule has 1 aromatic carbocycles. The number of aryl methyl sites for hydroxylation is 1. The molecule has 0 saturated carbocycles. The quantitative estimate of drug-likeness (QED) is 0.947. The van der Waals surface area contributed by atoms with Crippen LogP contribution in [0.15, 0.2) is 30.3 Å². The predicted molar refractivity (Wildman–Crippen MR) is 90.8 cm³/mol. The fourth-order valence-corrected chi connectivity index (χ4v) is 3.06. The molecule has 1 aromatic heterocycles. The summed E-state index contributed by atoms with van der Waals surface area (Å²) in [6.07, 6.45) is 1.21. The van der Waals surface area contributed by atoms with Gasteiger partial charge in [0, 0.05) is 24.2 Å². The number of pyridine rings is 1. The molecule has 114 valence electrons. The SMILES string of the molecule is Cc1ccc2cc(CN3CCC(C)(CN)C3)ccc2n1.Cl. The lowest BCUT2D eigenvalue weighted by molar-refractivity contribution is 0.274. The maximum absolute atomic E-state index is 5.88. The van der Waals surface area contributed by atoms with Gasteiger partial charge in [-0.2, -0.15) is 0 Å². The Morgan fingerprint density at radius 2 is 2.10 bits per heavy atom. The first-order valence-electron chi connectivity index (χ1n) is 7.37. The van der Waals surface area contributed by atoms with Gasteiger partial charge in [0.15, 0.2) is 0 Å². The van der Waals surface area contributed by atoms with E-state index in [1.807, 2.05) is 6.92 Å². The third kappa shape index (κ3) is 3.54. The highest BCUT2D eigenvalue weighted by Gasteiger charge is 2.32. The molecular formula is C17H24ClN3. The van der Waals surface area contributed by atoms with E-state index in [4.69, 9.17) is 5.73 Å². The fourth-order valence-electron chi connectivity index (χ4n) is 3.06. The Morgan fingerprint density at radius 1 is 1.29 bits per heavy atom. The van der Waals surface area contributed by atoms with Crippen LogP contribution in [0, 0.1) is 12.3 Å². The highest BCUT2D eigenvalue weighted by atomic mass is 35.5. The molecule has 0 bridgehead atoms. The Kier molecular flexibility index (Phi) is 4.87. The van der Waals surface area contributed by atoms with E-state index < -0.39 is 0 Å². The van der Waals surface area contributed by atoms with E-state index in [1.54, 1.807) is 0 Å². The van der Waals surface area contributed by atoms with Gasteiger partial charge in [0.05, 0.1) is 5.52 Å². The lowest BCUT2D eigenvalue weighted by Crippen LogP contribution is -2.31. The first kappa shape index (κ1) is 16.2. The van der Waals surface area contributed by atoms with E-state index in [-0.39, 0.29) is 12.4 Å². The lowest BCUT2D eigenvalue weighted by atomic mass is 9.90. The van der Waals surface area contributed by atoms with E-state index in [0.29, 0.717) is 5.41 Å². The third-order valence-electron chi connectivity index (χ3n) is 4.43. The van der Waals surface area contributed by atoms with E-state index >= 15 is 0 Å². The monoisotopic (exact) mass is 305 g/mol. The van der Waals surface area contributed by atoms with E-state index in [2.05, 4.69) is 47.1 Å². The Balaban J connectivity index is 0.00000161.